The number of sulfonamides is 1. The first-order valence-electron chi connectivity index (χ1n) is 6.85. The van der Waals surface area contributed by atoms with E-state index in [0.29, 0.717) is 11.5 Å². The predicted molar refractivity (Wildman–Crippen MR) is 84.9 cm³/mol. The molecule has 0 aromatic heterocycles. The van der Waals surface area contributed by atoms with Crippen LogP contribution in [0.3, 0.4) is 0 Å². The molecule has 0 aliphatic heterocycles. The van der Waals surface area contributed by atoms with Gasteiger partial charge in [-0.05, 0) is 31.2 Å². The lowest BCUT2D eigenvalue weighted by Gasteiger charge is -2.11. The zero-order valence-electron chi connectivity index (χ0n) is 12.6. The molecule has 5 nitrogen and oxygen atoms in total. The number of hydrogen-bond donors (Lipinski definition) is 1. The number of methoxy groups -OCH3 is 1. The molecule has 0 heterocycles. The van der Waals surface area contributed by atoms with Crippen LogP contribution < -0.4 is 14.2 Å². The van der Waals surface area contributed by atoms with E-state index >= 15 is 0 Å². The van der Waals surface area contributed by atoms with Crippen molar-refractivity contribution in [2.45, 2.75) is 11.8 Å². The van der Waals surface area contributed by atoms with Crippen molar-refractivity contribution in [3.63, 3.8) is 0 Å². The fraction of sp³-hybridized carbons (Fsp3) is 0.250. The summed E-state index contributed by atoms with van der Waals surface area (Å²) in [5, 5.41) is 0. The van der Waals surface area contributed by atoms with Gasteiger partial charge in [-0.15, -0.1) is 0 Å². The average molecular weight is 321 g/mol. The monoisotopic (exact) mass is 321 g/mol. The number of nitrogens with one attached hydrogen (secondary N) is 1. The minimum Gasteiger partial charge on any atom is -0.495 e. The molecule has 0 saturated carbocycles. The normalized spacial score (nSPS) is 11.2. The molecule has 0 saturated heterocycles. The summed E-state index contributed by atoms with van der Waals surface area (Å²) in [4.78, 5) is 0.118. The van der Waals surface area contributed by atoms with Crippen LogP contribution in [0.4, 0.5) is 0 Å². The zero-order chi connectivity index (χ0) is 16.0. The average Bonchev–Trinajstić information content (AvgIpc) is 2.53. The van der Waals surface area contributed by atoms with E-state index in [2.05, 4.69) is 4.72 Å². The molecular weight excluding hydrogens is 302 g/mol. The van der Waals surface area contributed by atoms with Gasteiger partial charge in [-0.25, -0.2) is 13.1 Å². The van der Waals surface area contributed by atoms with Crippen LogP contribution in [0.1, 0.15) is 5.56 Å². The smallest absolute Gasteiger partial charge is 0.244 e. The summed E-state index contributed by atoms with van der Waals surface area (Å²) in [5.74, 6) is 1.02. The van der Waals surface area contributed by atoms with E-state index in [-0.39, 0.29) is 18.0 Å². The zero-order valence-corrected chi connectivity index (χ0v) is 13.4. The maximum absolute atomic E-state index is 12.2. The Kier molecular flexibility index (Phi) is 5.41. The van der Waals surface area contributed by atoms with E-state index in [9.17, 15) is 8.42 Å². The predicted octanol–water partition coefficient (Wildman–Crippen LogP) is 2.36. The van der Waals surface area contributed by atoms with Gasteiger partial charge in [-0.2, -0.15) is 0 Å². The molecule has 2 aromatic rings. The van der Waals surface area contributed by atoms with Gasteiger partial charge >= 0.3 is 0 Å². The third kappa shape index (κ3) is 4.22. The van der Waals surface area contributed by atoms with Gasteiger partial charge in [0, 0.05) is 6.54 Å². The largest absolute Gasteiger partial charge is 0.495 e. The number of ether oxygens (including phenoxy) is 2. The SMILES string of the molecule is COc1ccccc1S(=O)(=O)NCCOc1ccc(C)cc1. The van der Waals surface area contributed by atoms with Crippen molar-refractivity contribution in [3.8, 4) is 11.5 Å². The third-order valence-corrected chi connectivity index (χ3v) is 4.54. The third-order valence-electron chi connectivity index (χ3n) is 3.04. The summed E-state index contributed by atoms with van der Waals surface area (Å²) < 4.78 is 37.5. The van der Waals surface area contributed by atoms with E-state index in [1.165, 1.54) is 13.2 Å². The van der Waals surface area contributed by atoms with Crippen LogP contribution in [0, 0.1) is 6.92 Å². The van der Waals surface area contributed by atoms with Gasteiger partial charge < -0.3 is 9.47 Å². The lowest BCUT2D eigenvalue weighted by atomic mass is 10.2. The number of rotatable bonds is 7. The lowest BCUT2D eigenvalue weighted by molar-refractivity contribution is 0.322. The molecule has 0 aliphatic rings. The van der Waals surface area contributed by atoms with Crippen molar-refractivity contribution in [3.05, 3.63) is 54.1 Å². The molecule has 22 heavy (non-hydrogen) atoms. The number of aryl methyl sites for hydroxylation is 1. The Morgan fingerprint density at radius 2 is 1.73 bits per heavy atom. The molecule has 0 radical (unpaired) electrons. The fourth-order valence-electron chi connectivity index (χ4n) is 1.90. The Morgan fingerprint density at radius 1 is 1.05 bits per heavy atom. The fourth-order valence-corrected chi connectivity index (χ4v) is 3.08. The van der Waals surface area contributed by atoms with Crippen molar-refractivity contribution >= 4 is 10.0 Å². The maximum Gasteiger partial charge on any atom is 0.244 e. The van der Waals surface area contributed by atoms with Crippen molar-refractivity contribution in [1.82, 2.24) is 4.72 Å². The molecule has 0 unspecified atom stereocenters. The topological polar surface area (TPSA) is 64.6 Å². The number of hydrogen-bond acceptors (Lipinski definition) is 4. The highest BCUT2D eigenvalue weighted by Crippen LogP contribution is 2.22. The lowest BCUT2D eigenvalue weighted by Crippen LogP contribution is -2.28. The van der Waals surface area contributed by atoms with Gasteiger partial charge in [-0.3, -0.25) is 0 Å². The Morgan fingerprint density at radius 3 is 2.41 bits per heavy atom. The van der Waals surface area contributed by atoms with E-state index in [1.807, 2.05) is 31.2 Å². The van der Waals surface area contributed by atoms with Gasteiger partial charge in [0.25, 0.3) is 0 Å². The van der Waals surface area contributed by atoms with E-state index < -0.39 is 10.0 Å². The summed E-state index contributed by atoms with van der Waals surface area (Å²) in [6.07, 6.45) is 0. The highest BCUT2D eigenvalue weighted by molar-refractivity contribution is 7.89. The Bertz CT molecular complexity index is 711. The highest BCUT2D eigenvalue weighted by Gasteiger charge is 2.18. The van der Waals surface area contributed by atoms with Crippen LogP contribution >= 0.6 is 0 Å². The molecule has 1 N–H and O–H groups in total. The van der Waals surface area contributed by atoms with Gasteiger partial charge in [0.2, 0.25) is 10.0 Å². The van der Waals surface area contributed by atoms with E-state index in [4.69, 9.17) is 9.47 Å². The van der Waals surface area contributed by atoms with Crippen LogP contribution in [0.15, 0.2) is 53.4 Å². The van der Waals surface area contributed by atoms with E-state index in [1.54, 1.807) is 18.2 Å². The highest BCUT2D eigenvalue weighted by atomic mass is 32.2. The molecule has 2 aromatic carbocycles. The minimum absolute atomic E-state index is 0.118. The van der Waals surface area contributed by atoms with Gasteiger partial charge in [0.05, 0.1) is 7.11 Å². The van der Waals surface area contributed by atoms with Gasteiger partial charge in [-0.1, -0.05) is 29.8 Å². The molecule has 118 valence electrons. The Balaban J connectivity index is 1.91. The summed E-state index contributed by atoms with van der Waals surface area (Å²) in [7, 11) is -2.18. The Labute approximate surface area is 130 Å². The van der Waals surface area contributed by atoms with Gasteiger partial charge in [0.15, 0.2) is 0 Å². The molecular formula is C16H19NO4S. The second-order valence-electron chi connectivity index (χ2n) is 4.71. The number of benzene rings is 2. The van der Waals surface area contributed by atoms with Crippen molar-refractivity contribution in [1.29, 1.82) is 0 Å². The summed E-state index contributed by atoms with van der Waals surface area (Å²) >= 11 is 0. The standard InChI is InChI=1S/C16H19NO4S/c1-13-7-9-14(10-8-13)21-12-11-17-22(18,19)16-6-4-3-5-15(16)20-2/h3-10,17H,11-12H2,1-2H3. The van der Waals surface area contributed by atoms with Crippen molar-refractivity contribution in [2.75, 3.05) is 20.3 Å². The quantitative estimate of drug-likeness (QED) is 0.795. The van der Waals surface area contributed by atoms with Crippen LogP contribution in [-0.4, -0.2) is 28.7 Å². The summed E-state index contributed by atoms with van der Waals surface area (Å²) in [5.41, 5.74) is 1.14. The van der Waals surface area contributed by atoms with Crippen LogP contribution in [0.5, 0.6) is 11.5 Å². The molecule has 0 aliphatic carbocycles. The summed E-state index contributed by atoms with van der Waals surface area (Å²) in [6, 6.07) is 14.1. The molecule has 0 atom stereocenters. The first-order valence-corrected chi connectivity index (χ1v) is 8.33. The van der Waals surface area contributed by atoms with Crippen LogP contribution in [0.25, 0.3) is 0 Å². The van der Waals surface area contributed by atoms with Crippen molar-refractivity contribution < 1.29 is 17.9 Å². The minimum atomic E-state index is -3.62. The van der Waals surface area contributed by atoms with E-state index in [0.717, 1.165) is 5.56 Å². The maximum atomic E-state index is 12.2. The Hall–Kier alpha value is -2.05. The molecule has 0 spiro atoms. The van der Waals surface area contributed by atoms with Crippen LogP contribution in [0.2, 0.25) is 0 Å². The number of para-hydroxylation sites is 1. The first kappa shape index (κ1) is 16.3. The molecule has 0 bridgehead atoms. The molecule has 6 heteroatoms. The molecule has 0 fully saturated rings. The molecule has 0 amide bonds. The molecule has 2 rings (SSSR count). The van der Waals surface area contributed by atoms with Crippen LogP contribution in [-0.2, 0) is 10.0 Å². The summed E-state index contributed by atoms with van der Waals surface area (Å²) in [6.45, 7) is 2.41. The first-order chi connectivity index (χ1) is 10.5. The van der Waals surface area contributed by atoms with Crippen molar-refractivity contribution in [2.24, 2.45) is 0 Å². The second kappa shape index (κ2) is 7.29. The second-order valence-corrected chi connectivity index (χ2v) is 6.45. The van der Waals surface area contributed by atoms with Gasteiger partial charge in [0.1, 0.15) is 23.0 Å².